The van der Waals surface area contributed by atoms with Crippen molar-refractivity contribution < 1.29 is 5.11 Å². The fraction of sp³-hybridized carbons (Fsp3) is 0.381. The maximum atomic E-state index is 12.5. The number of aromatic nitrogens is 1. The first kappa shape index (κ1) is 19.5. The summed E-state index contributed by atoms with van der Waals surface area (Å²) in [4.78, 5) is 16.9. The molecule has 0 aliphatic carbocycles. The van der Waals surface area contributed by atoms with Gasteiger partial charge in [0.05, 0.1) is 11.3 Å². The number of pyridine rings is 1. The monoisotopic (exact) mass is 351 g/mol. The zero-order valence-electron chi connectivity index (χ0n) is 15.6. The minimum Gasteiger partial charge on any atom is -0.494 e. The Labute approximate surface area is 154 Å². The van der Waals surface area contributed by atoms with Crippen molar-refractivity contribution in [3.63, 3.8) is 0 Å². The molecule has 1 aromatic carbocycles. The molecule has 0 atom stereocenters. The van der Waals surface area contributed by atoms with Gasteiger partial charge in [0.25, 0.3) is 5.56 Å². The summed E-state index contributed by atoms with van der Waals surface area (Å²) in [6.07, 6.45) is 5.46. The fourth-order valence-corrected chi connectivity index (χ4v) is 2.88. The Kier molecular flexibility index (Phi) is 6.74. The molecule has 5 heteroatoms. The molecule has 1 heterocycles. The molecule has 0 fully saturated rings. The normalized spacial score (nSPS) is 11.0. The van der Waals surface area contributed by atoms with E-state index in [2.05, 4.69) is 11.9 Å². The molecule has 1 N–H and O–H groups in total. The third-order valence-electron chi connectivity index (χ3n) is 4.43. The van der Waals surface area contributed by atoms with Gasteiger partial charge in [0, 0.05) is 12.8 Å². The molecule has 0 unspecified atom stereocenters. The van der Waals surface area contributed by atoms with Crippen molar-refractivity contribution in [3.05, 3.63) is 56.9 Å². The van der Waals surface area contributed by atoms with Gasteiger partial charge in [0.1, 0.15) is 11.6 Å². The molecule has 5 nitrogen and oxygen atoms in total. The van der Waals surface area contributed by atoms with Gasteiger partial charge >= 0.3 is 0 Å². The van der Waals surface area contributed by atoms with E-state index in [0.29, 0.717) is 17.7 Å². The number of benzene rings is 1. The molecule has 0 bridgehead atoms. The highest BCUT2D eigenvalue weighted by atomic mass is 16.3. The average Bonchev–Trinajstić information content (AvgIpc) is 2.61. The number of rotatable bonds is 7. The largest absolute Gasteiger partial charge is 0.494 e. The van der Waals surface area contributed by atoms with Crippen molar-refractivity contribution in [3.8, 4) is 11.9 Å². The molecule has 0 aliphatic rings. The van der Waals surface area contributed by atoms with Crippen LogP contribution >= 0.6 is 0 Å². The first-order chi connectivity index (χ1) is 12.5. The van der Waals surface area contributed by atoms with Crippen LogP contribution in [0.3, 0.4) is 0 Å². The van der Waals surface area contributed by atoms with Gasteiger partial charge < -0.3 is 5.11 Å². The summed E-state index contributed by atoms with van der Waals surface area (Å²) in [5.74, 6) is -0.126. The number of unbranched alkanes of at least 4 members (excludes halogenated alkanes) is 3. The number of aromatic hydroxyl groups is 1. The minimum atomic E-state index is -0.438. The Bertz CT molecular complexity index is 905. The van der Waals surface area contributed by atoms with Crippen LogP contribution in [0.15, 0.2) is 34.1 Å². The van der Waals surface area contributed by atoms with Crippen LogP contribution in [0, 0.1) is 25.2 Å². The lowest BCUT2D eigenvalue weighted by Crippen LogP contribution is -2.25. The molecule has 1 aromatic heterocycles. The molecule has 26 heavy (non-hydrogen) atoms. The summed E-state index contributed by atoms with van der Waals surface area (Å²) in [7, 11) is 0. The summed E-state index contributed by atoms with van der Waals surface area (Å²) < 4.78 is 1.29. The quantitative estimate of drug-likeness (QED) is 0.594. The molecule has 0 aliphatic heterocycles. The van der Waals surface area contributed by atoms with Crippen LogP contribution in [-0.4, -0.2) is 15.9 Å². The number of aryl methyl sites for hydroxylation is 1. The molecule has 0 amide bonds. The lowest BCUT2D eigenvalue weighted by molar-refractivity contribution is 0.397. The third kappa shape index (κ3) is 4.40. The summed E-state index contributed by atoms with van der Waals surface area (Å²) in [6, 6.07) is 9.65. The molecule has 0 saturated carbocycles. The van der Waals surface area contributed by atoms with Gasteiger partial charge in [-0.15, -0.1) is 0 Å². The Morgan fingerprint density at radius 1 is 1.27 bits per heavy atom. The van der Waals surface area contributed by atoms with Crippen LogP contribution in [0.1, 0.15) is 54.9 Å². The van der Waals surface area contributed by atoms with Gasteiger partial charge in [-0.1, -0.05) is 38.3 Å². The topological polar surface area (TPSA) is 78.4 Å². The van der Waals surface area contributed by atoms with Crippen LogP contribution in [0.2, 0.25) is 0 Å². The zero-order chi connectivity index (χ0) is 19.1. The van der Waals surface area contributed by atoms with Crippen molar-refractivity contribution in [1.29, 1.82) is 5.26 Å². The van der Waals surface area contributed by atoms with Crippen LogP contribution in [-0.2, 0) is 6.54 Å². The molecule has 2 aromatic rings. The van der Waals surface area contributed by atoms with Crippen LogP contribution < -0.4 is 5.56 Å². The molecule has 0 spiro atoms. The highest BCUT2D eigenvalue weighted by molar-refractivity contribution is 5.87. The standard InChI is InChI=1S/C21H25N3O2/c1-4-5-6-7-11-24-20(25)18(13-22)16(3)19(21(24)26)14-23-17-10-8-9-15(2)12-17/h8-10,12,14,26H,4-7,11H2,1-3H3. The molecule has 0 radical (unpaired) electrons. The van der Waals surface area contributed by atoms with E-state index in [1.54, 1.807) is 6.92 Å². The van der Waals surface area contributed by atoms with Crippen molar-refractivity contribution in [2.75, 3.05) is 0 Å². The number of nitriles is 1. The van der Waals surface area contributed by atoms with Gasteiger partial charge in [-0.2, -0.15) is 5.26 Å². The van der Waals surface area contributed by atoms with Gasteiger partial charge in [0.15, 0.2) is 0 Å². The minimum absolute atomic E-state index is 0.0592. The average molecular weight is 351 g/mol. The second-order valence-corrected chi connectivity index (χ2v) is 6.46. The fourth-order valence-electron chi connectivity index (χ4n) is 2.88. The first-order valence-corrected chi connectivity index (χ1v) is 8.96. The van der Waals surface area contributed by atoms with Crippen LogP contribution in [0.5, 0.6) is 5.88 Å². The number of nitrogens with zero attached hydrogens (tertiary/aromatic N) is 3. The van der Waals surface area contributed by atoms with E-state index < -0.39 is 5.56 Å². The van der Waals surface area contributed by atoms with Crippen LogP contribution in [0.25, 0.3) is 0 Å². The first-order valence-electron chi connectivity index (χ1n) is 8.96. The maximum absolute atomic E-state index is 12.5. The van der Waals surface area contributed by atoms with E-state index in [0.717, 1.165) is 36.9 Å². The predicted octanol–water partition coefficient (Wildman–Crippen LogP) is 4.37. The lowest BCUT2D eigenvalue weighted by atomic mass is 10.1. The van der Waals surface area contributed by atoms with Gasteiger partial charge in [-0.05, 0) is 43.5 Å². The van der Waals surface area contributed by atoms with E-state index in [9.17, 15) is 15.2 Å². The number of aliphatic imine (C=N–C) groups is 1. The smallest absolute Gasteiger partial charge is 0.271 e. The van der Waals surface area contributed by atoms with Crippen molar-refractivity contribution in [2.24, 2.45) is 4.99 Å². The summed E-state index contributed by atoms with van der Waals surface area (Å²) in [5, 5.41) is 20.0. The molecular formula is C21H25N3O2. The van der Waals surface area contributed by atoms with E-state index >= 15 is 0 Å². The van der Waals surface area contributed by atoms with E-state index in [4.69, 9.17) is 0 Å². The Morgan fingerprint density at radius 3 is 2.69 bits per heavy atom. The summed E-state index contributed by atoms with van der Waals surface area (Å²) >= 11 is 0. The second kappa shape index (κ2) is 9.00. The highest BCUT2D eigenvalue weighted by Crippen LogP contribution is 2.22. The SMILES string of the molecule is CCCCCCn1c(O)c(C=Nc2cccc(C)c2)c(C)c(C#N)c1=O. The summed E-state index contributed by atoms with van der Waals surface area (Å²) in [6.45, 7) is 6.15. The molecule has 0 saturated heterocycles. The van der Waals surface area contributed by atoms with Gasteiger partial charge in [-0.25, -0.2) is 0 Å². The number of hydrogen-bond donors (Lipinski definition) is 1. The van der Waals surface area contributed by atoms with E-state index in [1.807, 2.05) is 37.3 Å². The molecule has 2 rings (SSSR count). The van der Waals surface area contributed by atoms with Crippen molar-refractivity contribution >= 4 is 11.9 Å². The molecule has 136 valence electrons. The summed E-state index contributed by atoms with van der Waals surface area (Å²) in [5.41, 5.74) is 2.33. The zero-order valence-corrected chi connectivity index (χ0v) is 15.6. The van der Waals surface area contributed by atoms with E-state index in [-0.39, 0.29) is 11.4 Å². The number of hydrogen-bond acceptors (Lipinski definition) is 4. The predicted molar refractivity (Wildman–Crippen MR) is 104 cm³/mol. The van der Waals surface area contributed by atoms with Gasteiger partial charge in [-0.3, -0.25) is 14.4 Å². The second-order valence-electron chi connectivity index (χ2n) is 6.46. The van der Waals surface area contributed by atoms with Crippen molar-refractivity contribution in [1.82, 2.24) is 4.57 Å². The van der Waals surface area contributed by atoms with Gasteiger partial charge in [0.2, 0.25) is 5.88 Å². The Hall–Kier alpha value is -2.87. The van der Waals surface area contributed by atoms with E-state index in [1.165, 1.54) is 10.8 Å². The lowest BCUT2D eigenvalue weighted by Gasteiger charge is -2.14. The molecular weight excluding hydrogens is 326 g/mol. The Balaban J connectivity index is 2.44. The third-order valence-corrected chi connectivity index (χ3v) is 4.43. The van der Waals surface area contributed by atoms with Crippen LogP contribution in [0.4, 0.5) is 5.69 Å². The van der Waals surface area contributed by atoms with Crippen molar-refractivity contribution in [2.45, 2.75) is 53.0 Å². The Morgan fingerprint density at radius 2 is 2.04 bits per heavy atom. The maximum Gasteiger partial charge on any atom is 0.271 e. The highest BCUT2D eigenvalue weighted by Gasteiger charge is 2.17.